The molecule has 3 rings (SSSR count). The van der Waals surface area contributed by atoms with Gasteiger partial charge in [0.1, 0.15) is 0 Å². The van der Waals surface area contributed by atoms with Crippen LogP contribution in [0.1, 0.15) is 18.4 Å². The average Bonchev–Trinajstić information content (AvgIpc) is 2.79. The van der Waals surface area contributed by atoms with Crippen molar-refractivity contribution in [2.75, 3.05) is 18.4 Å². The number of morpholine rings is 1. The van der Waals surface area contributed by atoms with Crippen molar-refractivity contribution in [3.05, 3.63) is 29.8 Å². The summed E-state index contributed by atoms with van der Waals surface area (Å²) in [6.45, 7) is 1.20. The fourth-order valence-electron chi connectivity index (χ4n) is 2.93. The lowest BCUT2D eigenvalue weighted by Crippen LogP contribution is -2.47. The Labute approximate surface area is 122 Å². The minimum atomic E-state index is -0.916. The van der Waals surface area contributed by atoms with E-state index in [1.807, 2.05) is 0 Å². The van der Waals surface area contributed by atoms with Crippen molar-refractivity contribution < 1.29 is 19.4 Å². The summed E-state index contributed by atoms with van der Waals surface area (Å²) in [5.41, 5.74) is 1.17. The van der Waals surface area contributed by atoms with E-state index >= 15 is 0 Å². The number of anilines is 1. The number of amides is 2. The number of hydrogen-bond donors (Lipinski definition) is 2. The van der Waals surface area contributed by atoms with Crippen LogP contribution in [-0.2, 0) is 16.0 Å². The second-order valence-corrected chi connectivity index (χ2v) is 5.52. The van der Waals surface area contributed by atoms with Crippen LogP contribution in [0.25, 0.3) is 0 Å². The Morgan fingerprint density at radius 2 is 1.90 bits per heavy atom. The van der Waals surface area contributed by atoms with E-state index in [4.69, 9.17) is 9.84 Å². The normalized spacial score (nSPS) is 23.9. The minimum Gasteiger partial charge on any atom is -0.481 e. The summed E-state index contributed by atoms with van der Waals surface area (Å²) >= 11 is 0. The van der Waals surface area contributed by atoms with Gasteiger partial charge in [0.2, 0.25) is 0 Å². The minimum absolute atomic E-state index is 0.106. The van der Waals surface area contributed by atoms with Crippen LogP contribution in [0, 0.1) is 0 Å². The number of carbonyl (C=O) groups is 2. The second-order valence-electron chi connectivity index (χ2n) is 5.52. The predicted octanol–water partition coefficient (Wildman–Crippen LogP) is 1.71. The van der Waals surface area contributed by atoms with E-state index in [2.05, 4.69) is 5.32 Å². The Kier molecular flexibility index (Phi) is 3.79. The Bertz CT molecular complexity index is 548. The number of carboxylic acids is 1. The highest BCUT2D eigenvalue weighted by atomic mass is 16.5. The third kappa shape index (κ3) is 3.16. The summed E-state index contributed by atoms with van der Waals surface area (Å²) in [7, 11) is 0. The summed E-state index contributed by atoms with van der Waals surface area (Å²) in [4.78, 5) is 25.0. The van der Waals surface area contributed by atoms with Gasteiger partial charge in [0, 0.05) is 18.8 Å². The van der Waals surface area contributed by atoms with E-state index in [1.54, 1.807) is 29.2 Å². The molecule has 0 radical (unpaired) electrons. The molecule has 0 aliphatic carbocycles. The first-order valence-corrected chi connectivity index (χ1v) is 7.13. The number of para-hydroxylation sites is 1. The van der Waals surface area contributed by atoms with Crippen LogP contribution in [0.5, 0.6) is 0 Å². The number of carboxylic acid groups (broad SMARTS) is 1. The predicted molar refractivity (Wildman–Crippen MR) is 76.3 cm³/mol. The molecule has 2 saturated heterocycles. The lowest BCUT2D eigenvalue weighted by atomic mass is 10.1. The van der Waals surface area contributed by atoms with Crippen molar-refractivity contribution in [1.82, 2.24) is 4.90 Å². The molecule has 2 aliphatic heterocycles. The zero-order chi connectivity index (χ0) is 14.8. The monoisotopic (exact) mass is 290 g/mol. The molecule has 21 heavy (non-hydrogen) atoms. The molecular formula is C15H18N2O4. The number of nitrogens with one attached hydrogen (secondary N) is 1. The molecule has 2 fully saturated rings. The molecule has 2 N–H and O–H groups in total. The van der Waals surface area contributed by atoms with Crippen LogP contribution in [-0.4, -0.2) is 47.3 Å². The molecule has 2 atom stereocenters. The van der Waals surface area contributed by atoms with Crippen LogP contribution < -0.4 is 5.32 Å². The number of urea groups is 1. The molecule has 0 spiro atoms. The van der Waals surface area contributed by atoms with Gasteiger partial charge in [0.05, 0.1) is 18.6 Å². The highest BCUT2D eigenvalue weighted by Gasteiger charge is 2.35. The molecule has 2 unspecified atom stereocenters. The van der Waals surface area contributed by atoms with E-state index < -0.39 is 5.97 Å². The van der Waals surface area contributed by atoms with Gasteiger partial charge in [0.25, 0.3) is 0 Å². The molecule has 0 aromatic heterocycles. The van der Waals surface area contributed by atoms with Crippen molar-refractivity contribution >= 4 is 17.7 Å². The highest BCUT2D eigenvalue weighted by Crippen LogP contribution is 2.27. The molecular weight excluding hydrogens is 272 g/mol. The maximum Gasteiger partial charge on any atom is 0.322 e. The van der Waals surface area contributed by atoms with Crippen LogP contribution in [0.2, 0.25) is 0 Å². The maximum absolute atomic E-state index is 12.3. The average molecular weight is 290 g/mol. The van der Waals surface area contributed by atoms with Crippen molar-refractivity contribution in [2.24, 2.45) is 0 Å². The first-order valence-electron chi connectivity index (χ1n) is 7.13. The fraction of sp³-hybridized carbons (Fsp3) is 0.467. The van der Waals surface area contributed by atoms with E-state index in [0.29, 0.717) is 24.3 Å². The van der Waals surface area contributed by atoms with Crippen LogP contribution in [0.4, 0.5) is 10.5 Å². The number of likely N-dealkylation sites (tertiary alicyclic amines) is 1. The molecule has 0 saturated carbocycles. The molecule has 1 aromatic rings. The summed E-state index contributed by atoms with van der Waals surface area (Å²) in [5, 5.41) is 11.7. The Morgan fingerprint density at radius 1 is 1.24 bits per heavy atom. The SMILES string of the molecule is O=C(O)Cc1ccccc1NC(=O)N1CC2CCC(C1)O2. The van der Waals surface area contributed by atoms with E-state index in [-0.39, 0.29) is 24.7 Å². The molecule has 112 valence electrons. The van der Waals surface area contributed by atoms with Crippen molar-refractivity contribution in [3.63, 3.8) is 0 Å². The number of rotatable bonds is 3. The number of hydrogen-bond acceptors (Lipinski definition) is 3. The molecule has 6 nitrogen and oxygen atoms in total. The number of fused-ring (bicyclic) bond motifs is 2. The van der Waals surface area contributed by atoms with Crippen LogP contribution in [0.3, 0.4) is 0 Å². The van der Waals surface area contributed by atoms with Gasteiger partial charge in [-0.15, -0.1) is 0 Å². The highest BCUT2D eigenvalue weighted by molar-refractivity contribution is 5.91. The van der Waals surface area contributed by atoms with Crippen LogP contribution >= 0.6 is 0 Å². The topological polar surface area (TPSA) is 78.9 Å². The van der Waals surface area contributed by atoms with Gasteiger partial charge in [-0.3, -0.25) is 4.79 Å². The zero-order valence-corrected chi connectivity index (χ0v) is 11.6. The van der Waals surface area contributed by atoms with Crippen molar-refractivity contribution in [3.8, 4) is 0 Å². The van der Waals surface area contributed by atoms with Crippen molar-refractivity contribution in [2.45, 2.75) is 31.5 Å². The van der Waals surface area contributed by atoms with Gasteiger partial charge in [-0.05, 0) is 24.5 Å². The lowest BCUT2D eigenvalue weighted by Gasteiger charge is -2.32. The fourth-order valence-corrected chi connectivity index (χ4v) is 2.93. The molecule has 2 amide bonds. The van der Waals surface area contributed by atoms with Gasteiger partial charge in [0.15, 0.2) is 0 Å². The Balaban J connectivity index is 1.68. The van der Waals surface area contributed by atoms with E-state index in [1.165, 1.54) is 0 Å². The molecule has 2 heterocycles. The summed E-state index contributed by atoms with van der Waals surface area (Å²) in [6, 6.07) is 6.80. The van der Waals surface area contributed by atoms with Gasteiger partial charge in [-0.1, -0.05) is 18.2 Å². The van der Waals surface area contributed by atoms with Gasteiger partial charge < -0.3 is 20.1 Å². The maximum atomic E-state index is 12.3. The van der Waals surface area contributed by atoms with E-state index in [0.717, 1.165) is 12.8 Å². The molecule has 6 heteroatoms. The molecule has 2 aliphatic rings. The van der Waals surface area contributed by atoms with Crippen molar-refractivity contribution in [1.29, 1.82) is 0 Å². The Morgan fingerprint density at radius 3 is 2.57 bits per heavy atom. The Hall–Kier alpha value is -2.08. The third-order valence-electron chi connectivity index (χ3n) is 3.93. The second kappa shape index (κ2) is 5.73. The smallest absolute Gasteiger partial charge is 0.322 e. The van der Waals surface area contributed by atoms with Gasteiger partial charge >= 0.3 is 12.0 Å². The number of nitrogens with zero attached hydrogens (tertiary/aromatic N) is 1. The molecule has 2 bridgehead atoms. The number of carbonyl (C=O) groups excluding carboxylic acids is 1. The number of ether oxygens (including phenoxy) is 1. The first kappa shape index (κ1) is 13.9. The van der Waals surface area contributed by atoms with Gasteiger partial charge in [-0.2, -0.15) is 0 Å². The number of benzene rings is 1. The standard InChI is InChI=1S/C15H18N2O4/c18-14(19)7-10-3-1-2-4-13(10)16-15(20)17-8-11-5-6-12(9-17)21-11/h1-4,11-12H,5-9H2,(H,16,20)(H,18,19). The summed E-state index contributed by atoms with van der Waals surface area (Å²) in [6.07, 6.45) is 2.19. The van der Waals surface area contributed by atoms with E-state index in [9.17, 15) is 9.59 Å². The van der Waals surface area contributed by atoms with Crippen LogP contribution in [0.15, 0.2) is 24.3 Å². The van der Waals surface area contributed by atoms with Gasteiger partial charge in [-0.25, -0.2) is 4.79 Å². The third-order valence-corrected chi connectivity index (χ3v) is 3.93. The summed E-state index contributed by atoms with van der Waals surface area (Å²) < 4.78 is 5.70. The summed E-state index contributed by atoms with van der Waals surface area (Å²) in [5.74, 6) is -0.916. The quantitative estimate of drug-likeness (QED) is 0.888. The largest absolute Gasteiger partial charge is 0.481 e. The lowest BCUT2D eigenvalue weighted by molar-refractivity contribution is -0.136. The first-order chi connectivity index (χ1) is 10.1. The zero-order valence-electron chi connectivity index (χ0n) is 11.6. The molecule has 1 aromatic carbocycles. The number of aliphatic carboxylic acids is 1.